The molecule has 2 aliphatic rings. The Labute approximate surface area is 215 Å². The van der Waals surface area contributed by atoms with Crippen molar-refractivity contribution >= 4 is 46.1 Å². The van der Waals surface area contributed by atoms with Gasteiger partial charge in [-0.1, -0.05) is 36.1 Å². The maximum Gasteiger partial charge on any atom is 0.270 e. The van der Waals surface area contributed by atoms with Crippen LogP contribution < -0.4 is 15.2 Å². The van der Waals surface area contributed by atoms with Crippen LogP contribution in [-0.2, 0) is 17.8 Å². The van der Waals surface area contributed by atoms with Gasteiger partial charge in [0.15, 0.2) is 0 Å². The summed E-state index contributed by atoms with van der Waals surface area (Å²) in [5.74, 6) is 1.43. The standard InChI is InChI=1S/C26H28N4O3S2/c1-4-29-23(28-12-5-6-13-28)20(17(2)21(16-27)24(29)31)15-22-25(32)30(26(34)35-22)14-11-18-7-9-19(33-3)10-8-18/h7-10,15H,4-6,11-14H2,1-3H3. The fourth-order valence-electron chi connectivity index (χ4n) is 4.56. The number of ether oxygens (including phenoxy) is 1. The second kappa shape index (κ2) is 10.7. The Morgan fingerprint density at radius 3 is 2.49 bits per heavy atom. The van der Waals surface area contributed by atoms with Gasteiger partial charge in [-0.3, -0.25) is 19.1 Å². The molecule has 0 spiro atoms. The van der Waals surface area contributed by atoms with E-state index < -0.39 is 0 Å². The van der Waals surface area contributed by atoms with Gasteiger partial charge < -0.3 is 9.64 Å². The van der Waals surface area contributed by atoms with Gasteiger partial charge in [-0.25, -0.2) is 0 Å². The number of hydrogen-bond donors (Lipinski definition) is 0. The van der Waals surface area contributed by atoms with E-state index in [4.69, 9.17) is 17.0 Å². The lowest BCUT2D eigenvalue weighted by molar-refractivity contribution is -0.122. The number of thiocarbonyl (C=S) groups is 1. The maximum atomic E-state index is 13.3. The summed E-state index contributed by atoms with van der Waals surface area (Å²) in [6, 6.07) is 9.84. The Kier molecular flexibility index (Phi) is 7.63. The number of pyridine rings is 1. The Balaban J connectivity index is 1.68. The van der Waals surface area contributed by atoms with E-state index in [1.54, 1.807) is 23.5 Å². The molecule has 0 aliphatic carbocycles. The van der Waals surface area contributed by atoms with Gasteiger partial charge in [-0.15, -0.1) is 0 Å². The van der Waals surface area contributed by atoms with Crippen LogP contribution in [0.3, 0.4) is 0 Å². The van der Waals surface area contributed by atoms with Crippen molar-refractivity contribution in [2.75, 3.05) is 31.6 Å². The van der Waals surface area contributed by atoms with Crippen LogP contribution in [0, 0.1) is 18.3 Å². The number of thioether (sulfide) groups is 1. The number of methoxy groups -OCH3 is 1. The summed E-state index contributed by atoms with van der Waals surface area (Å²) in [6.45, 7) is 6.30. The first-order valence-electron chi connectivity index (χ1n) is 11.7. The van der Waals surface area contributed by atoms with Gasteiger partial charge in [-0.2, -0.15) is 5.26 Å². The number of rotatable bonds is 7. The zero-order valence-electron chi connectivity index (χ0n) is 20.2. The molecular weight excluding hydrogens is 480 g/mol. The van der Waals surface area contributed by atoms with E-state index >= 15 is 0 Å². The van der Waals surface area contributed by atoms with Gasteiger partial charge in [0.1, 0.15) is 27.5 Å². The predicted octanol–water partition coefficient (Wildman–Crippen LogP) is 4.10. The van der Waals surface area contributed by atoms with Crippen molar-refractivity contribution < 1.29 is 9.53 Å². The molecule has 1 aromatic carbocycles. The molecule has 0 radical (unpaired) electrons. The molecule has 9 heteroatoms. The minimum absolute atomic E-state index is 0.121. The summed E-state index contributed by atoms with van der Waals surface area (Å²) in [6.07, 6.45) is 4.58. The van der Waals surface area contributed by atoms with E-state index in [9.17, 15) is 14.9 Å². The molecule has 0 saturated carbocycles. The second-order valence-electron chi connectivity index (χ2n) is 8.52. The number of carbonyl (C=O) groups is 1. The van der Waals surface area contributed by atoms with Crippen molar-refractivity contribution in [3.05, 3.63) is 61.8 Å². The third kappa shape index (κ3) is 4.86. The Bertz CT molecular complexity index is 1290. The predicted molar refractivity (Wildman–Crippen MR) is 144 cm³/mol. The third-order valence-corrected chi connectivity index (χ3v) is 7.88. The van der Waals surface area contributed by atoms with Gasteiger partial charge in [0.2, 0.25) is 0 Å². The molecule has 0 N–H and O–H groups in total. The number of amides is 1. The number of hydrogen-bond acceptors (Lipinski definition) is 7. The first kappa shape index (κ1) is 25.0. The monoisotopic (exact) mass is 508 g/mol. The molecule has 0 atom stereocenters. The van der Waals surface area contributed by atoms with Crippen molar-refractivity contribution in [1.82, 2.24) is 9.47 Å². The summed E-state index contributed by atoms with van der Waals surface area (Å²) in [5, 5.41) is 9.70. The highest BCUT2D eigenvalue weighted by Gasteiger charge is 2.33. The second-order valence-corrected chi connectivity index (χ2v) is 10.2. The molecule has 2 aliphatic heterocycles. The lowest BCUT2D eigenvalue weighted by atomic mass is 10.0. The van der Waals surface area contributed by atoms with Crippen LogP contribution in [0.25, 0.3) is 6.08 Å². The molecular formula is C26H28N4O3S2. The highest BCUT2D eigenvalue weighted by Crippen LogP contribution is 2.36. The average molecular weight is 509 g/mol. The number of carbonyl (C=O) groups excluding carboxylic acids is 1. The molecule has 182 valence electrons. The minimum Gasteiger partial charge on any atom is -0.497 e. The number of aromatic nitrogens is 1. The van der Waals surface area contributed by atoms with Gasteiger partial charge in [0.25, 0.3) is 11.5 Å². The first-order chi connectivity index (χ1) is 16.9. The van der Waals surface area contributed by atoms with Crippen LogP contribution in [-0.4, -0.2) is 46.4 Å². The van der Waals surface area contributed by atoms with Crippen molar-refractivity contribution in [1.29, 1.82) is 5.26 Å². The molecule has 0 unspecified atom stereocenters. The zero-order chi connectivity index (χ0) is 25.1. The normalized spacial score (nSPS) is 16.9. The van der Waals surface area contributed by atoms with Crippen molar-refractivity contribution in [3.63, 3.8) is 0 Å². The van der Waals surface area contributed by atoms with E-state index in [0.717, 1.165) is 48.6 Å². The van der Waals surface area contributed by atoms with E-state index in [1.807, 2.05) is 37.3 Å². The highest BCUT2D eigenvalue weighted by molar-refractivity contribution is 8.26. The Hall–Kier alpha value is -3.09. The van der Waals surface area contributed by atoms with Gasteiger partial charge >= 0.3 is 0 Å². The first-order valence-corrected chi connectivity index (χ1v) is 12.9. The quantitative estimate of drug-likeness (QED) is 0.412. The van der Waals surface area contributed by atoms with E-state index in [1.165, 1.54) is 11.8 Å². The molecule has 4 rings (SSSR count). The van der Waals surface area contributed by atoms with Crippen LogP contribution >= 0.6 is 24.0 Å². The SMILES string of the molecule is CCn1c(N2CCCC2)c(C=C2SC(=S)N(CCc3ccc(OC)cc3)C2=O)c(C)c(C#N)c1=O. The number of anilines is 1. The summed E-state index contributed by atoms with van der Waals surface area (Å²) in [4.78, 5) is 30.7. The largest absolute Gasteiger partial charge is 0.497 e. The molecule has 7 nitrogen and oxygen atoms in total. The van der Waals surface area contributed by atoms with Crippen LogP contribution in [0.4, 0.5) is 5.82 Å². The topological polar surface area (TPSA) is 78.6 Å². The lowest BCUT2D eigenvalue weighted by Gasteiger charge is -2.26. The van der Waals surface area contributed by atoms with Crippen LogP contribution in [0.5, 0.6) is 5.75 Å². The third-order valence-electron chi connectivity index (χ3n) is 6.50. The number of nitriles is 1. The van der Waals surface area contributed by atoms with Crippen LogP contribution in [0.1, 0.15) is 42.0 Å². The fourth-order valence-corrected chi connectivity index (χ4v) is 5.85. The Morgan fingerprint density at radius 1 is 1.20 bits per heavy atom. The van der Waals surface area contributed by atoms with Crippen molar-refractivity contribution in [2.24, 2.45) is 0 Å². The van der Waals surface area contributed by atoms with Gasteiger partial charge in [0, 0.05) is 31.7 Å². The van der Waals surface area contributed by atoms with Crippen LogP contribution in [0.2, 0.25) is 0 Å². The van der Waals surface area contributed by atoms with Gasteiger partial charge in [-0.05, 0) is 62.4 Å². The van der Waals surface area contributed by atoms with Gasteiger partial charge in [0.05, 0.1) is 12.0 Å². The highest BCUT2D eigenvalue weighted by atomic mass is 32.2. The smallest absolute Gasteiger partial charge is 0.270 e. The van der Waals surface area contributed by atoms with E-state index in [-0.39, 0.29) is 17.0 Å². The molecule has 35 heavy (non-hydrogen) atoms. The maximum absolute atomic E-state index is 13.3. The number of nitrogens with zero attached hydrogens (tertiary/aromatic N) is 4. The molecule has 3 heterocycles. The summed E-state index contributed by atoms with van der Waals surface area (Å²) in [7, 11) is 1.63. The van der Waals surface area contributed by atoms with Crippen LogP contribution in [0.15, 0.2) is 34.0 Å². The molecule has 0 bridgehead atoms. The number of benzene rings is 1. The molecule has 2 saturated heterocycles. The molecule has 2 fully saturated rings. The molecule has 1 amide bonds. The van der Waals surface area contributed by atoms with Crippen molar-refractivity contribution in [3.8, 4) is 11.8 Å². The Morgan fingerprint density at radius 2 is 1.89 bits per heavy atom. The average Bonchev–Trinajstić information content (AvgIpc) is 3.48. The van der Waals surface area contributed by atoms with E-state index in [0.29, 0.717) is 34.3 Å². The fraction of sp³-hybridized carbons (Fsp3) is 0.385. The summed E-state index contributed by atoms with van der Waals surface area (Å²) in [5.41, 5.74) is 2.28. The van der Waals surface area contributed by atoms with E-state index in [2.05, 4.69) is 11.0 Å². The molecule has 1 aromatic heterocycles. The molecule has 2 aromatic rings. The summed E-state index contributed by atoms with van der Waals surface area (Å²) >= 11 is 6.82. The summed E-state index contributed by atoms with van der Waals surface area (Å²) < 4.78 is 7.38. The minimum atomic E-state index is -0.279. The zero-order valence-corrected chi connectivity index (χ0v) is 21.8. The van der Waals surface area contributed by atoms with Crippen molar-refractivity contribution in [2.45, 2.75) is 39.7 Å². The lowest BCUT2D eigenvalue weighted by Crippen LogP contribution is -2.33.